The highest BCUT2D eigenvalue weighted by atomic mass is 32.2. The van der Waals surface area contributed by atoms with Crippen LogP contribution in [-0.2, 0) is 43.6 Å². The van der Waals surface area contributed by atoms with Gasteiger partial charge < -0.3 is 14.8 Å². The van der Waals surface area contributed by atoms with Gasteiger partial charge >= 0.3 is 6.03 Å². The fourth-order valence-corrected chi connectivity index (χ4v) is 4.80. The first-order valence-electron chi connectivity index (χ1n) is 9.85. The van der Waals surface area contributed by atoms with Crippen LogP contribution in [-0.4, -0.2) is 45.9 Å². The Balaban J connectivity index is 1.43. The summed E-state index contributed by atoms with van der Waals surface area (Å²) >= 11 is -1.68. The largest absolute Gasteiger partial charge is 0.586 e. The van der Waals surface area contributed by atoms with Crippen LogP contribution in [0.15, 0.2) is 23.4 Å². The second-order valence-electron chi connectivity index (χ2n) is 7.78. The number of aromatic nitrogens is 2. The van der Waals surface area contributed by atoms with Crippen LogP contribution in [0, 0.1) is 0 Å². The van der Waals surface area contributed by atoms with Gasteiger partial charge in [-0.1, -0.05) is 6.07 Å². The molecule has 2 aliphatic rings. The summed E-state index contributed by atoms with van der Waals surface area (Å²) in [6.45, 7) is 1.55. The molecule has 0 bridgehead atoms. The van der Waals surface area contributed by atoms with Crippen molar-refractivity contribution < 1.29 is 9.35 Å². The zero-order valence-corrected chi connectivity index (χ0v) is 17.3. The van der Waals surface area contributed by atoms with Gasteiger partial charge in [0, 0.05) is 24.5 Å². The summed E-state index contributed by atoms with van der Waals surface area (Å²) in [7, 11) is 3.98. The topological polar surface area (TPSA) is 85.2 Å². The second-order valence-corrected chi connectivity index (χ2v) is 8.94. The Morgan fingerprint density at radius 1 is 1.21 bits per heavy atom. The molecular formula is C20H27N5O2S. The van der Waals surface area contributed by atoms with Crippen molar-refractivity contribution in [2.45, 2.75) is 50.1 Å². The van der Waals surface area contributed by atoms with Crippen molar-refractivity contribution in [2.24, 2.45) is 0 Å². The number of carbonyl (C=O) groups excluding carboxylic acids is 1. The van der Waals surface area contributed by atoms with Crippen LogP contribution in [0.3, 0.4) is 0 Å². The van der Waals surface area contributed by atoms with Crippen molar-refractivity contribution >= 4 is 23.1 Å². The van der Waals surface area contributed by atoms with Crippen LogP contribution >= 0.6 is 0 Å². The van der Waals surface area contributed by atoms with Gasteiger partial charge in [-0.2, -0.15) is 0 Å². The molecule has 8 heteroatoms. The summed E-state index contributed by atoms with van der Waals surface area (Å²) in [5.74, 6) is 0. The maximum atomic E-state index is 12.6. The number of nitrogens with zero attached hydrogens (tertiary/aromatic N) is 3. The lowest BCUT2D eigenvalue weighted by atomic mass is 9.99. The summed E-state index contributed by atoms with van der Waals surface area (Å²) < 4.78 is 16.8. The van der Waals surface area contributed by atoms with E-state index in [9.17, 15) is 9.35 Å². The normalized spacial score (nSPS) is 16.1. The molecule has 7 nitrogen and oxygen atoms in total. The van der Waals surface area contributed by atoms with Crippen molar-refractivity contribution in [3.63, 3.8) is 0 Å². The number of hydrogen-bond acceptors (Lipinski definition) is 4. The number of likely N-dealkylation sites (N-methyl/N-ethyl adjacent to an activating group) is 1. The number of fused-ring (bicyclic) bond motifs is 2. The number of nitrogens with one attached hydrogen (secondary N) is 2. The van der Waals surface area contributed by atoms with E-state index in [-0.39, 0.29) is 0 Å². The number of amides is 2. The quantitative estimate of drug-likeness (QED) is 0.727. The van der Waals surface area contributed by atoms with E-state index in [0.717, 1.165) is 50.8 Å². The molecule has 0 saturated heterocycles. The van der Waals surface area contributed by atoms with E-state index in [0.29, 0.717) is 11.6 Å². The lowest BCUT2D eigenvalue weighted by Crippen LogP contribution is -2.35. The molecule has 4 rings (SSSR count). The Morgan fingerprint density at radius 2 is 1.89 bits per heavy atom. The van der Waals surface area contributed by atoms with E-state index in [2.05, 4.69) is 26.1 Å². The van der Waals surface area contributed by atoms with Gasteiger partial charge in [0.2, 0.25) is 0 Å². The summed E-state index contributed by atoms with van der Waals surface area (Å²) in [6, 6.07) is 3.58. The van der Waals surface area contributed by atoms with Crippen molar-refractivity contribution in [1.29, 1.82) is 0 Å². The minimum atomic E-state index is -1.68. The van der Waals surface area contributed by atoms with Gasteiger partial charge in [0.05, 0.1) is 6.54 Å². The van der Waals surface area contributed by atoms with Gasteiger partial charge in [-0.25, -0.2) is 4.79 Å². The Morgan fingerprint density at radius 3 is 2.54 bits per heavy atom. The third-order valence-electron chi connectivity index (χ3n) is 5.48. The first kappa shape index (κ1) is 19.3. The number of carbonyl (C=O) groups is 1. The number of benzene rings is 1. The average molecular weight is 402 g/mol. The van der Waals surface area contributed by atoms with E-state index in [1.807, 2.05) is 14.1 Å². The summed E-state index contributed by atoms with van der Waals surface area (Å²) in [5.41, 5.74) is 6.19. The molecule has 0 radical (unpaired) electrons. The molecule has 1 aromatic heterocycles. The summed E-state index contributed by atoms with van der Waals surface area (Å²) in [6.07, 6.45) is 8.20. The number of hydrogen-bond donors (Lipinski definition) is 2. The minimum absolute atomic E-state index is 0.359. The first-order valence-corrected chi connectivity index (χ1v) is 11.0. The first-order chi connectivity index (χ1) is 13.5. The third kappa shape index (κ3) is 4.04. The molecule has 0 spiro atoms. The predicted molar refractivity (Wildman–Crippen MR) is 110 cm³/mol. The SMILES string of the molecule is CN(C)CCn1ccc([S+]([O-])NC(=O)Nc2c3c(cc4c2CCC4)CCC3)n1. The molecule has 1 heterocycles. The van der Waals surface area contributed by atoms with Gasteiger partial charge in [0.15, 0.2) is 0 Å². The maximum Gasteiger partial charge on any atom is 0.361 e. The van der Waals surface area contributed by atoms with Crippen molar-refractivity contribution in [1.82, 2.24) is 19.4 Å². The zero-order valence-electron chi connectivity index (χ0n) is 16.5. The standard InChI is InChI=1S/C20H27N5O2S/c1-24(2)11-12-25-10-9-18(22-25)28(27)23-20(26)21-19-16-7-3-5-14(16)13-15-6-4-8-17(15)19/h9-10,13H,3-8,11-12H2,1-2H3,(H2,21,23,26). The van der Waals surface area contributed by atoms with Crippen LogP contribution < -0.4 is 10.0 Å². The van der Waals surface area contributed by atoms with E-state index >= 15 is 0 Å². The highest BCUT2D eigenvalue weighted by molar-refractivity contribution is 7.90. The lowest BCUT2D eigenvalue weighted by Gasteiger charge is -2.16. The molecule has 2 aromatic rings. The van der Waals surface area contributed by atoms with Gasteiger partial charge in [0.25, 0.3) is 5.03 Å². The smallest absolute Gasteiger partial charge is 0.361 e. The number of aryl methyl sites for hydroxylation is 2. The molecule has 1 unspecified atom stereocenters. The molecule has 1 atom stereocenters. The Labute approximate surface area is 168 Å². The van der Waals surface area contributed by atoms with Crippen LogP contribution in [0.5, 0.6) is 0 Å². The van der Waals surface area contributed by atoms with Crippen LogP contribution in [0.1, 0.15) is 35.1 Å². The van der Waals surface area contributed by atoms with Gasteiger partial charge in [0.1, 0.15) is 11.4 Å². The molecule has 1 aromatic carbocycles. The zero-order chi connectivity index (χ0) is 19.7. The number of anilines is 1. The van der Waals surface area contributed by atoms with Crippen LogP contribution in [0.2, 0.25) is 0 Å². The number of rotatable bonds is 6. The highest BCUT2D eigenvalue weighted by Gasteiger charge is 2.26. The minimum Gasteiger partial charge on any atom is -0.586 e. The summed E-state index contributed by atoms with van der Waals surface area (Å²) in [5, 5.41) is 7.67. The Bertz CT molecular complexity index is 847. The van der Waals surface area contributed by atoms with Crippen molar-refractivity contribution in [2.75, 3.05) is 26.0 Å². The van der Waals surface area contributed by atoms with Crippen LogP contribution in [0.25, 0.3) is 0 Å². The Kier molecular flexibility index (Phi) is 5.61. The second kappa shape index (κ2) is 8.14. The van der Waals surface area contributed by atoms with Crippen LogP contribution in [0.4, 0.5) is 10.5 Å². The van der Waals surface area contributed by atoms with Crippen molar-refractivity contribution in [3.05, 3.63) is 40.6 Å². The molecular weight excluding hydrogens is 374 g/mol. The molecule has 0 saturated carbocycles. The molecule has 28 heavy (non-hydrogen) atoms. The van der Waals surface area contributed by atoms with Gasteiger partial charge in [-0.3, -0.25) is 4.68 Å². The van der Waals surface area contributed by atoms with Gasteiger partial charge in [-0.15, -0.1) is 9.82 Å². The van der Waals surface area contributed by atoms with E-state index in [1.54, 1.807) is 16.9 Å². The molecule has 0 fully saturated rings. The molecule has 2 aliphatic carbocycles. The fraction of sp³-hybridized carbons (Fsp3) is 0.500. The van der Waals surface area contributed by atoms with Gasteiger partial charge in [-0.05, 0) is 74.9 Å². The average Bonchev–Trinajstić information content (AvgIpc) is 3.39. The monoisotopic (exact) mass is 401 g/mol. The highest BCUT2D eigenvalue weighted by Crippen LogP contribution is 2.38. The lowest BCUT2D eigenvalue weighted by molar-refractivity contribution is 0.256. The fourth-order valence-electron chi connectivity index (χ4n) is 4.11. The van der Waals surface area contributed by atoms with E-state index in [1.165, 1.54) is 22.3 Å². The summed E-state index contributed by atoms with van der Waals surface area (Å²) in [4.78, 5) is 14.6. The predicted octanol–water partition coefficient (Wildman–Crippen LogP) is 2.27. The number of urea groups is 1. The van der Waals surface area contributed by atoms with E-state index < -0.39 is 17.4 Å². The molecule has 2 N–H and O–H groups in total. The molecule has 150 valence electrons. The Hall–Kier alpha value is -2.03. The van der Waals surface area contributed by atoms with Crippen molar-refractivity contribution in [3.8, 4) is 0 Å². The molecule has 2 amide bonds. The van der Waals surface area contributed by atoms with E-state index in [4.69, 9.17) is 0 Å². The maximum absolute atomic E-state index is 12.6. The molecule has 0 aliphatic heterocycles. The third-order valence-corrected chi connectivity index (χ3v) is 6.45.